The Morgan fingerprint density at radius 1 is 1.38 bits per heavy atom. The number of esters is 1. The molecule has 2 aromatic heterocycles. The van der Waals surface area contributed by atoms with E-state index in [4.69, 9.17) is 9.47 Å². The number of Topliss-reactive ketones (excluding diaryl/α,β-unsaturated/α-hetero) is 1. The predicted octanol–water partition coefficient (Wildman–Crippen LogP) is 3.45. The van der Waals surface area contributed by atoms with Crippen LogP contribution in [0.4, 0.5) is 0 Å². The highest BCUT2D eigenvalue weighted by Crippen LogP contribution is 2.29. The number of ketones is 1. The van der Waals surface area contributed by atoms with Gasteiger partial charge in [-0.25, -0.2) is 9.78 Å². The quantitative estimate of drug-likeness (QED) is 0.442. The van der Waals surface area contributed by atoms with E-state index in [1.807, 2.05) is 12.1 Å². The lowest BCUT2D eigenvalue weighted by Gasteiger charge is -2.22. The second-order valence-electron chi connectivity index (χ2n) is 7.39. The molecule has 2 N–H and O–H groups in total. The highest BCUT2D eigenvalue weighted by atomic mass is 16.5. The van der Waals surface area contributed by atoms with Crippen LogP contribution in [0.1, 0.15) is 44.6 Å². The third kappa shape index (κ3) is 4.04. The molecule has 1 aliphatic heterocycles. The molecule has 1 fully saturated rings. The molecule has 0 aromatic carbocycles. The fraction of sp³-hybridized carbons (Fsp3) is 0.409. The second-order valence-corrected chi connectivity index (χ2v) is 7.39. The summed E-state index contributed by atoms with van der Waals surface area (Å²) >= 11 is 0. The number of ether oxygens (including phenoxy) is 2. The molecule has 0 unspecified atom stereocenters. The Morgan fingerprint density at radius 3 is 3.00 bits per heavy atom. The van der Waals surface area contributed by atoms with Gasteiger partial charge in [0.2, 0.25) is 11.7 Å². The number of pyridine rings is 1. The lowest BCUT2D eigenvalue weighted by atomic mass is 9.89. The van der Waals surface area contributed by atoms with Crippen LogP contribution in [0, 0.1) is 5.92 Å². The van der Waals surface area contributed by atoms with E-state index in [9.17, 15) is 9.59 Å². The van der Waals surface area contributed by atoms with Crippen molar-refractivity contribution in [1.29, 1.82) is 0 Å². The van der Waals surface area contributed by atoms with Crippen molar-refractivity contribution in [2.45, 2.75) is 39.0 Å². The van der Waals surface area contributed by atoms with Gasteiger partial charge >= 0.3 is 5.97 Å². The van der Waals surface area contributed by atoms with Gasteiger partial charge in [-0.3, -0.25) is 4.79 Å². The lowest BCUT2D eigenvalue weighted by molar-refractivity contribution is -0.139. The molecule has 0 atom stereocenters. The summed E-state index contributed by atoms with van der Waals surface area (Å²) < 4.78 is 10.9. The number of carbonyl (C=O) groups is 2. The van der Waals surface area contributed by atoms with E-state index in [2.05, 4.69) is 15.3 Å². The van der Waals surface area contributed by atoms with E-state index in [1.54, 1.807) is 25.4 Å². The summed E-state index contributed by atoms with van der Waals surface area (Å²) in [6, 6.07) is 3.74. The summed E-state index contributed by atoms with van der Waals surface area (Å²) in [5.41, 5.74) is 1.43. The minimum absolute atomic E-state index is 0.0631. The molecule has 7 nitrogen and oxygen atoms in total. The van der Waals surface area contributed by atoms with Crippen molar-refractivity contribution in [3.05, 3.63) is 47.3 Å². The number of allylic oxidation sites excluding steroid dienone is 1. The first-order valence-electron chi connectivity index (χ1n) is 10.2. The highest BCUT2D eigenvalue weighted by molar-refractivity contribution is 6.26. The smallest absolute Gasteiger partial charge is 0.347 e. The number of hydrogen-bond acceptors (Lipinski definition) is 6. The van der Waals surface area contributed by atoms with Gasteiger partial charge in [0, 0.05) is 29.9 Å². The van der Waals surface area contributed by atoms with Crippen LogP contribution in [0.25, 0.3) is 17.1 Å². The number of nitrogens with zero attached hydrogens (tertiary/aromatic N) is 1. The van der Waals surface area contributed by atoms with Crippen LogP contribution in [-0.2, 0) is 19.1 Å². The van der Waals surface area contributed by atoms with Crippen molar-refractivity contribution in [2.75, 3.05) is 13.2 Å². The first-order valence-corrected chi connectivity index (χ1v) is 10.2. The molecule has 152 valence electrons. The number of rotatable bonds is 6. The zero-order chi connectivity index (χ0) is 20.2. The van der Waals surface area contributed by atoms with Gasteiger partial charge in [0.25, 0.3) is 0 Å². The highest BCUT2D eigenvalue weighted by Gasteiger charge is 2.37. The standard InChI is InChI=1S/C22H25N3O4/c1-2-28-22(27)18-19(26)17(11-15-13-24-20-16(15)9-6-10-23-20)29-21(18)25-12-14-7-4-3-5-8-14/h6,9-11,13-14,25H,2-5,7-8,12H2,1H3,(H,23,24). The maximum atomic E-state index is 12.9. The van der Waals surface area contributed by atoms with Crippen molar-refractivity contribution >= 4 is 28.9 Å². The Kier molecular flexibility index (Phi) is 5.64. The van der Waals surface area contributed by atoms with Crippen LogP contribution in [0.3, 0.4) is 0 Å². The molecular formula is C22H25N3O4. The second kappa shape index (κ2) is 8.51. The van der Waals surface area contributed by atoms with Gasteiger partial charge in [0.05, 0.1) is 6.61 Å². The Balaban J connectivity index is 1.58. The van der Waals surface area contributed by atoms with Crippen molar-refractivity contribution in [1.82, 2.24) is 15.3 Å². The number of nitrogens with one attached hydrogen (secondary N) is 2. The zero-order valence-electron chi connectivity index (χ0n) is 16.5. The molecule has 7 heteroatoms. The Labute approximate surface area is 169 Å². The molecule has 2 aromatic rings. The molecule has 4 rings (SSSR count). The van der Waals surface area contributed by atoms with Crippen LogP contribution >= 0.6 is 0 Å². The van der Waals surface area contributed by atoms with Crippen molar-refractivity contribution in [2.24, 2.45) is 5.92 Å². The molecule has 29 heavy (non-hydrogen) atoms. The number of aromatic nitrogens is 2. The number of carbonyl (C=O) groups excluding carboxylic acids is 2. The van der Waals surface area contributed by atoms with Gasteiger partial charge in [-0.05, 0) is 43.9 Å². The number of hydrogen-bond donors (Lipinski definition) is 2. The van der Waals surface area contributed by atoms with E-state index in [-0.39, 0.29) is 23.8 Å². The van der Waals surface area contributed by atoms with Gasteiger partial charge in [-0.2, -0.15) is 0 Å². The molecule has 0 amide bonds. The summed E-state index contributed by atoms with van der Waals surface area (Å²) in [7, 11) is 0. The SMILES string of the molecule is CCOC(=O)C1=C(NCC2CCCCC2)OC(=Cc2c[nH]c3ncccc23)C1=O. The fourth-order valence-corrected chi connectivity index (χ4v) is 3.91. The number of aromatic amines is 1. The van der Waals surface area contributed by atoms with Crippen LogP contribution < -0.4 is 5.32 Å². The molecule has 0 spiro atoms. The molecule has 0 radical (unpaired) electrons. The minimum atomic E-state index is -0.660. The van der Waals surface area contributed by atoms with Crippen LogP contribution in [0.5, 0.6) is 0 Å². The molecule has 1 saturated carbocycles. The fourth-order valence-electron chi connectivity index (χ4n) is 3.91. The van der Waals surface area contributed by atoms with Gasteiger partial charge in [0.1, 0.15) is 5.65 Å². The molecule has 1 aliphatic carbocycles. The van der Waals surface area contributed by atoms with Crippen molar-refractivity contribution < 1.29 is 19.1 Å². The third-order valence-corrected chi connectivity index (χ3v) is 5.42. The Hall–Kier alpha value is -3.09. The van der Waals surface area contributed by atoms with E-state index in [0.717, 1.165) is 29.4 Å². The summed E-state index contributed by atoms with van der Waals surface area (Å²) in [5.74, 6) is -0.307. The third-order valence-electron chi connectivity index (χ3n) is 5.42. The van der Waals surface area contributed by atoms with Gasteiger partial charge in [-0.1, -0.05) is 19.3 Å². The lowest BCUT2D eigenvalue weighted by Crippen LogP contribution is -2.26. The topological polar surface area (TPSA) is 93.3 Å². The van der Waals surface area contributed by atoms with E-state index in [0.29, 0.717) is 12.5 Å². The van der Waals surface area contributed by atoms with Crippen LogP contribution in [0.2, 0.25) is 0 Å². The van der Waals surface area contributed by atoms with Crippen LogP contribution in [0.15, 0.2) is 41.7 Å². The first kappa shape index (κ1) is 19.2. The Morgan fingerprint density at radius 2 is 2.21 bits per heavy atom. The Bertz CT molecular complexity index is 983. The summed E-state index contributed by atoms with van der Waals surface area (Å²) in [5, 5.41) is 4.07. The minimum Gasteiger partial charge on any atom is -0.462 e. The molecule has 0 bridgehead atoms. The van der Waals surface area contributed by atoms with Gasteiger partial charge in [-0.15, -0.1) is 0 Å². The molecular weight excluding hydrogens is 370 g/mol. The average Bonchev–Trinajstić information content (AvgIpc) is 3.29. The van der Waals surface area contributed by atoms with Gasteiger partial charge < -0.3 is 19.8 Å². The summed E-state index contributed by atoms with van der Waals surface area (Å²) in [4.78, 5) is 32.7. The number of H-pyrrole nitrogens is 1. The van der Waals surface area contributed by atoms with Crippen molar-refractivity contribution in [3.8, 4) is 0 Å². The molecule has 0 saturated heterocycles. The van der Waals surface area contributed by atoms with E-state index >= 15 is 0 Å². The van der Waals surface area contributed by atoms with E-state index < -0.39 is 11.8 Å². The van der Waals surface area contributed by atoms with E-state index in [1.165, 1.54) is 19.3 Å². The maximum absolute atomic E-state index is 12.9. The average molecular weight is 395 g/mol. The van der Waals surface area contributed by atoms with Crippen molar-refractivity contribution in [3.63, 3.8) is 0 Å². The first-order chi connectivity index (χ1) is 14.2. The molecule has 2 aliphatic rings. The maximum Gasteiger partial charge on any atom is 0.347 e. The monoisotopic (exact) mass is 395 g/mol. The zero-order valence-corrected chi connectivity index (χ0v) is 16.5. The summed E-state index contributed by atoms with van der Waals surface area (Å²) in [6.45, 7) is 2.58. The van der Waals surface area contributed by atoms with Gasteiger partial charge in [0.15, 0.2) is 11.3 Å². The number of fused-ring (bicyclic) bond motifs is 1. The largest absolute Gasteiger partial charge is 0.462 e. The molecule has 3 heterocycles. The normalized spacial score (nSPS) is 19.1. The summed E-state index contributed by atoms with van der Waals surface area (Å²) in [6.07, 6.45) is 11.1. The van der Waals surface area contributed by atoms with Crippen LogP contribution in [-0.4, -0.2) is 34.9 Å². The predicted molar refractivity (Wildman–Crippen MR) is 108 cm³/mol.